The molecule has 0 aromatic carbocycles. The number of rotatable bonds is 9. The van der Waals surface area contributed by atoms with Crippen molar-refractivity contribution in [3.63, 3.8) is 0 Å². The number of amides is 2. The van der Waals surface area contributed by atoms with E-state index in [-0.39, 0.29) is 0 Å². The Bertz CT molecular complexity index is 261. The van der Waals surface area contributed by atoms with Crippen LogP contribution >= 0.6 is 0 Å². The summed E-state index contributed by atoms with van der Waals surface area (Å²) in [4.78, 5) is 24.1. The van der Waals surface area contributed by atoms with Crippen LogP contribution in [0.2, 0.25) is 0 Å². The summed E-state index contributed by atoms with van der Waals surface area (Å²) in [5.41, 5.74) is 0. The SMILES string of the molecule is CC[C@@H](NC(=O)NCCN(C)CCOC)C(=O)O. The predicted molar refractivity (Wildman–Crippen MR) is 67.6 cm³/mol. The smallest absolute Gasteiger partial charge is 0.326 e. The number of carbonyl (C=O) groups is 2. The van der Waals surface area contributed by atoms with E-state index in [1.807, 2.05) is 11.9 Å². The normalized spacial score (nSPS) is 12.2. The summed E-state index contributed by atoms with van der Waals surface area (Å²) < 4.78 is 4.93. The fourth-order valence-electron chi connectivity index (χ4n) is 1.27. The second-order valence-electron chi connectivity index (χ2n) is 4.00. The van der Waals surface area contributed by atoms with Gasteiger partial charge < -0.3 is 25.4 Å². The van der Waals surface area contributed by atoms with Gasteiger partial charge in [-0.1, -0.05) is 6.92 Å². The second-order valence-corrected chi connectivity index (χ2v) is 4.00. The van der Waals surface area contributed by atoms with Gasteiger partial charge in [-0.25, -0.2) is 9.59 Å². The topological polar surface area (TPSA) is 90.9 Å². The van der Waals surface area contributed by atoms with Crippen molar-refractivity contribution in [3.05, 3.63) is 0 Å². The van der Waals surface area contributed by atoms with E-state index < -0.39 is 18.0 Å². The molecule has 0 bridgehead atoms. The van der Waals surface area contributed by atoms with Gasteiger partial charge in [0, 0.05) is 26.7 Å². The van der Waals surface area contributed by atoms with E-state index in [2.05, 4.69) is 10.6 Å². The largest absolute Gasteiger partial charge is 0.480 e. The average Bonchev–Trinajstić information content (AvgIpc) is 2.33. The molecule has 0 aliphatic heterocycles. The first kappa shape index (κ1) is 16.7. The van der Waals surface area contributed by atoms with Crippen molar-refractivity contribution < 1.29 is 19.4 Å². The quantitative estimate of drug-likeness (QED) is 0.531. The molecule has 106 valence electrons. The molecule has 2 amide bonds. The maximum atomic E-state index is 11.4. The monoisotopic (exact) mass is 261 g/mol. The minimum absolute atomic E-state index is 0.358. The minimum atomic E-state index is -1.02. The molecule has 3 N–H and O–H groups in total. The zero-order valence-electron chi connectivity index (χ0n) is 11.2. The number of carboxylic acids is 1. The third kappa shape index (κ3) is 7.86. The molecule has 7 nitrogen and oxygen atoms in total. The van der Waals surface area contributed by atoms with E-state index in [1.165, 1.54) is 0 Å². The maximum absolute atomic E-state index is 11.4. The predicted octanol–water partition coefficient (Wildman–Crippen LogP) is -0.273. The number of urea groups is 1. The zero-order chi connectivity index (χ0) is 14.0. The summed E-state index contributed by atoms with van der Waals surface area (Å²) in [7, 11) is 3.56. The number of carboxylic acid groups (broad SMARTS) is 1. The number of likely N-dealkylation sites (N-methyl/N-ethyl adjacent to an activating group) is 1. The Morgan fingerprint density at radius 1 is 1.39 bits per heavy atom. The minimum Gasteiger partial charge on any atom is -0.480 e. The molecule has 0 fully saturated rings. The molecule has 7 heteroatoms. The van der Waals surface area contributed by atoms with Gasteiger partial charge in [-0.3, -0.25) is 0 Å². The highest BCUT2D eigenvalue weighted by atomic mass is 16.5. The maximum Gasteiger partial charge on any atom is 0.326 e. The van der Waals surface area contributed by atoms with Crippen LogP contribution in [0.25, 0.3) is 0 Å². The molecule has 1 atom stereocenters. The van der Waals surface area contributed by atoms with Crippen LogP contribution in [0.3, 0.4) is 0 Å². The van der Waals surface area contributed by atoms with E-state index in [4.69, 9.17) is 9.84 Å². The molecule has 18 heavy (non-hydrogen) atoms. The van der Waals surface area contributed by atoms with Crippen LogP contribution < -0.4 is 10.6 Å². The number of methoxy groups -OCH3 is 1. The summed E-state index contributed by atoms with van der Waals surface area (Å²) in [6.45, 7) is 4.27. The van der Waals surface area contributed by atoms with E-state index in [1.54, 1.807) is 14.0 Å². The van der Waals surface area contributed by atoms with E-state index in [9.17, 15) is 9.59 Å². The highest BCUT2D eigenvalue weighted by Crippen LogP contribution is 1.90. The third-order valence-corrected chi connectivity index (χ3v) is 2.47. The van der Waals surface area contributed by atoms with E-state index >= 15 is 0 Å². The van der Waals surface area contributed by atoms with Crippen molar-refractivity contribution in [1.82, 2.24) is 15.5 Å². The lowest BCUT2D eigenvalue weighted by molar-refractivity contribution is -0.139. The van der Waals surface area contributed by atoms with Crippen LogP contribution in [0.4, 0.5) is 4.79 Å². The molecule has 0 spiro atoms. The number of nitrogens with one attached hydrogen (secondary N) is 2. The van der Waals surface area contributed by atoms with Crippen molar-refractivity contribution >= 4 is 12.0 Å². The van der Waals surface area contributed by atoms with Crippen molar-refractivity contribution in [3.8, 4) is 0 Å². The van der Waals surface area contributed by atoms with Gasteiger partial charge >= 0.3 is 12.0 Å². The van der Waals surface area contributed by atoms with E-state index in [0.29, 0.717) is 26.1 Å². The second kappa shape index (κ2) is 9.67. The Kier molecular flexibility index (Phi) is 8.95. The Morgan fingerprint density at radius 2 is 2.06 bits per heavy atom. The van der Waals surface area contributed by atoms with Crippen LogP contribution in [0, 0.1) is 0 Å². The highest BCUT2D eigenvalue weighted by Gasteiger charge is 2.16. The van der Waals surface area contributed by atoms with Gasteiger partial charge in [-0.2, -0.15) is 0 Å². The molecule has 0 aromatic heterocycles. The van der Waals surface area contributed by atoms with Gasteiger partial charge in [-0.05, 0) is 13.5 Å². The lowest BCUT2D eigenvalue weighted by Gasteiger charge is -2.17. The number of hydrogen-bond acceptors (Lipinski definition) is 4. The lowest BCUT2D eigenvalue weighted by atomic mass is 10.2. The molecule has 0 aromatic rings. The molecular weight excluding hydrogens is 238 g/mol. The molecule has 0 unspecified atom stereocenters. The standard InChI is InChI=1S/C11H23N3O4/c1-4-9(10(15)16)13-11(17)12-5-6-14(2)7-8-18-3/h9H,4-8H2,1-3H3,(H,15,16)(H2,12,13,17)/t9-/m1/s1. The summed E-state index contributed by atoms with van der Waals surface area (Å²) in [6, 6.07) is -1.29. The first-order valence-electron chi connectivity index (χ1n) is 5.95. The third-order valence-electron chi connectivity index (χ3n) is 2.47. The summed E-state index contributed by atoms with van der Waals surface area (Å²) in [6.07, 6.45) is 0.358. The van der Waals surface area contributed by atoms with E-state index in [0.717, 1.165) is 6.54 Å². The van der Waals surface area contributed by atoms with Crippen molar-refractivity contribution in [2.45, 2.75) is 19.4 Å². The zero-order valence-corrected chi connectivity index (χ0v) is 11.2. The Morgan fingerprint density at radius 3 is 2.56 bits per heavy atom. The molecule has 0 saturated heterocycles. The van der Waals surface area contributed by atoms with Crippen LogP contribution in [0.1, 0.15) is 13.3 Å². The van der Waals surface area contributed by atoms with Crippen LogP contribution in [-0.4, -0.2) is 68.4 Å². The number of nitrogens with zero attached hydrogens (tertiary/aromatic N) is 1. The number of ether oxygens (including phenoxy) is 1. The van der Waals surface area contributed by atoms with Crippen LogP contribution in [-0.2, 0) is 9.53 Å². The Labute approximate surface area is 107 Å². The first-order chi connectivity index (χ1) is 8.51. The molecule has 0 saturated carbocycles. The lowest BCUT2D eigenvalue weighted by Crippen LogP contribution is -2.47. The van der Waals surface area contributed by atoms with Gasteiger partial charge in [0.05, 0.1) is 6.61 Å². The van der Waals surface area contributed by atoms with Gasteiger partial charge in [0.2, 0.25) is 0 Å². The van der Waals surface area contributed by atoms with Crippen molar-refractivity contribution in [1.29, 1.82) is 0 Å². The van der Waals surface area contributed by atoms with Crippen molar-refractivity contribution in [2.75, 3.05) is 40.4 Å². The Balaban J connectivity index is 3.73. The van der Waals surface area contributed by atoms with Gasteiger partial charge in [0.1, 0.15) is 6.04 Å². The van der Waals surface area contributed by atoms with Crippen LogP contribution in [0.15, 0.2) is 0 Å². The van der Waals surface area contributed by atoms with Gasteiger partial charge in [-0.15, -0.1) is 0 Å². The number of aliphatic carboxylic acids is 1. The molecule has 0 aliphatic carbocycles. The molecule has 0 heterocycles. The number of carbonyl (C=O) groups excluding carboxylic acids is 1. The summed E-state index contributed by atoms with van der Waals surface area (Å²) in [5.74, 6) is -1.02. The summed E-state index contributed by atoms with van der Waals surface area (Å²) >= 11 is 0. The fraction of sp³-hybridized carbons (Fsp3) is 0.818. The summed E-state index contributed by atoms with van der Waals surface area (Å²) in [5, 5.41) is 13.8. The average molecular weight is 261 g/mol. The molecule has 0 aliphatic rings. The molecular formula is C11H23N3O4. The highest BCUT2D eigenvalue weighted by molar-refractivity contribution is 5.82. The Hall–Kier alpha value is -1.34. The van der Waals surface area contributed by atoms with Gasteiger partial charge in [0.25, 0.3) is 0 Å². The molecule has 0 rings (SSSR count). The number of hydrogen-bond donors (Lipinski definition) is 3. The molecule has 0 radical (unpaired) electrons. The fourth-order valence-corrected chi connectivity index (χ4v) is 1.27. The first-order valence-corrected chi connectivity index (χ1v) is 5.95. The van der Waals surface area contributed by atoms with Crippen molar-refractivity contribution in [2.24, 2.45) is 0 Å². The van der Waals surface area contributed by atoms with Crippen LogP contribution in [0.5, 0.6) is 0 Å². The van der Waals surface area contributed by atoms with Gasteiger partial charge in [0.15, 0.2) is 0 Å².